The van der Waals surface area contributed by atoms with Gasteiger partial charge in [-0.3, -0.25) is 4.79 Å². The van der Waals surface area contributed by atoms with Crippen LogP contribution in [0.25, 0.3) is 0 Å². The van der Waals surface area contributed by atoms with Crippen LogP contribution in [0.2, 0.25) is 0 Å². The highest BCUT2D eigenvalue weighted by atomic mass is 16.3. The van der Waals surface area contributed by atoms with Gasteiger partial charge in [0.05, 0.1) is 12.2 Å². The smallest absolute Gasteiger partial charge is 0.136 e. The largest absolute Gasteiger partial charge is 0.396 e. The van der Waals surface area contributed by atoms with Crippen molar-refractivity contribution >= 4 is 5.78 Å². The number of aliphatic hydroxyl groups excluding tert-OH is 3. The highest BCUT2D eigenvalue weighted by Gasteiger charge is 2.62. The number of Topliss-reactive ketones (excluding diaryl/α,β-unsaturated/α-hetero) is 1. The first-order chi connectivity index (χ1) is 10.9. The molecule has 4 fully saturated rings. The van der Waals surface area contributed by atoms with E-state index >= 15 is 0 Å². The molecule has 8 atom stereocenters. The molecule has 4 heteroatoms. The summed E-state index contributed by atoms with van der Waals surface area (Å²) in [5, 5.41) is 30.3. The van der Waals surface area contributed by atoms with Crippen molar-refractivity contribution < 1.29 is 20.1 Å². The summed E-state index contributed by atoms with van der Waals surface area (Å²) in [7, 11) is 0. The molecule has 0 radical (unpaired) electrons. The molecule has 0 aromatic heterocycles. The highest BCUT2D eigenvalue weighted by molar-refractivity contribution is 5.83. The van der Waals surface area contributed by atoms with E-state index in [1.807, 2.05) is 0 Å². The van der Waals surface area contributed by atoms with E-state index in [1.165, 1.54) is 0 Å². The van der Waals surface area contributed by atoms with E-state index in [2.05, 4.69) is 6.92 Å². The molecular weight excluding hydrogens is 292 g/mol. The summed E-state index contributed by atoms with van der Waals surface area (Å²) in [6.45, 7) is 2.44. The van der Waals surface area contributed by atoms with Gasteiger partial charge in [-0.15, -0.1) is 0 Å². The van der Waals surface area contributed by atoms with Crippen molar-refractivity contribution in [1.29, 1.82) is 0 Å². The van der Waals surface area contributed by atoms with Gasteiger partial charge in [-0.1, -0.05) is 6.92 Å². The Kier molecular flexibility index (Phi) is 3.68. The first-order valence-electron chi connectivity index (χ1n) is 9.39. The van der Waals surface area contributed by atoms with Crippen LogP contribution in [0.4, 0.5) is 0 Å². The quantitative estimate of drug-likeness (QED) is 0.689. The number of hydrogen-bond acceptors (Lipinski definition) is 4. The van der Waals surface area contributed by atoms with Gasteiger partial charge in [0.1, 0.15) is 5.78 Å². The zero-order valence-electron chi connectivity index (χ0n) is 14.1. The van der Waals surface area contributed by atoms with Gasteiger partial charge in [-0.2, -0.15) is 0 Å². The summed E-state index contributed by atoms with van der Waals surface area (Å²) in [5.74, 6) is 1.19. The molecule has 4 saturated carbocycles. The first-order valence-corrected chi connectivity index (χ1v) is 9.39. The van der Waals surface area contributed by atoms with Gasteiger partial charge in [-0.05, 0) is 73.5 Å². The Bertz CT molecular complexity index is 506. The summed E-state index contributed by atoms with van der Waals surface area (Å²) in [4.78, 5) is 13.0. The number of aliphatic hydroxyl groups is 3. The number of carbonyl (C=O) groups is 1. The van der Waals surface area contributed by atoms with Crippen molar-refractivity contribution in [3.8, 4) is 0 Å². The third-order valence-electron chi connectivity index (χ3n) is 8.26. The summed E-state index contributed by atoms with van der Waals surface area (Å²) in [6, 6.07) is 0. The van der Waals surface area contributed by atoms with Gasteiger partial charge in [0, 0.05) is 18.9 Å². The van der Waals surface area contributed by atoms with Gasteiger partial charge >= 0.3 is 0 Å². The molecule has 130 valence electrons. The van der Waals surface area contributed by atoms with Gasteiger partial charge in [0.2, 0.25) is 0 Å². The third kappa shape index (κ3) is 2.17. The second-order valence-corrected chi connectivity index (χ2v) is 9.19. The first kappa shape index (κ1) is 16.0. The lowest BCUT2D eigenvalue weighted by molar-refractivity contribution is -0.161. The fraction of sp³-hybridized carbons (Fsp3) is 0.947. The molecule has 0 bridgehead atoms. The number of carbonyl (C=O) groups excluding carboxylic acids is 1. The fourth-order valence-electron chi connectivity index (χ4n) is 7.00. The minimum atomic E-state index is -0.364. The van der Waals surface area contributed by atoms with Gasteiger partial charge < -0.3 is 15.3 Å². The predicted octanol–water partition coefficient (Wildman–Crippen LogP) is 1.90. The minimum absolute atomic E-state index is 0.0181. The number of fused-ring (bicyclic) bond motifs is 5. The maximum absolute atomic E-state index is 13.0. The standard InChI is InChI=1S/C19H30O4/c1-18-4-2-12(21)6-11(18)7-16(23)17-14(18)3-5-19(10-20)9-13(22)8-15(17)19/h11-15,17,20-22H,2-10H2,1H3/t11-,12?,13-,14?,15?,17?,18?,19?/m1/s1. The van der Waals surface area contributed by atoms with Crippen molar-refractivity contribution in [3.63, 3.8) is 0 Å². The SMILES string of the molecule is CC12CCC(O)C[C@@H]1CC(=O)C1C3C[C@@H](O)CC3(CO)CCC12. The van der Waals surface area contributed by atoms with E-state index in [0.29, 0.717) is 36.9 Å². The van der Waals surface area contributed by atoms with Gasteiger partial charge in [0.15, 0.2) is 0 Å². The van der Waals surface area contributed by atoms with Crippen LogP contribution >= 0.6 is 0 Å². The second-order valence-electron chi connectivity index (χ2n) is 9.19. The van der Waals surface area contributed by atoms with E-state index in [0.717, 1.165) is 32.1 Å². The average Bonchev–Trinajstić information content (AvgIpc) is 2.86. The molecule has 0 aromatic carbocycles. The van der Waals surface area contributed by atoms with Crippen LogP contribution in [0, 0.1) is 34.5 Å². The number of hydrogen-bond donors (Lipinski definition) is 3. The Morgan fingerprint density at radius 1 is 1.09 bits per heavy atom. The monoisotopic (exact) mass is 322 g/mol. The highest BCUT2D eigenvalue weighted by Crippen LogP contribution is 2.65. The fourth-order valence-corrected chi connectivity index (χ4v) is 7.00. The molecule has 4 rings (SSSR count). The van der Waals surface area contributed by atoms with Crippen molar-refractivity contribution in [2.24, 2.45) is 34.5 Å². The molecule has 4 aliphatic carbocycles. The Hall–Kier alpha value is -0.450. The van der Waals surface area contributed by atoms with Crippen LogP contribution in [0.1, 0.15) is 58.3 Å². The van der Waals surface area contributed by atoms with Crippen LogP contribution in [-0.2, 0) is 4.79 Å². The number of ketones is 1. The van der Waals surface area contributed by atoms with E-state index in [-0.39, 0.29) is 41.5 Å². The van der Waals surface area contributed by atoms with Crippen LogP contribution in [-0.4, -0.2) is 39.9 Å². The van der Waals surface area contributed by atoms with Crippen LogP contribution in [0.5, 0.6) is 0 Å². The van der Waals surface area contributed by atoms with Crippen LogP contribution in [0.3, 0.4) is 0 Å². The zero-order valence-corrected chi connectivity index (χ0v) is 14.1. The molecule has 0 amide bonds. The van der Waals surface area contributed by atoms with Crippen molar-refractivity contribution in [1.82, 2.24) is 0 Å². The molecule has 3 N–H and O–H groups in total. The normalized spacial score (nSPS) is 55.9. The lowest BCUT2D eigenvalue weighted by Crippen LogP contribution is -2.57. The minimum Gasteiger partial charge on any atom is -0.396 e. The molecule has 0 spiro atoms. The molecule has 23 heavy (non-hydrogen) atoms. The summed E-state index contributed by atoms with van der Waals surface area (Å²) in [6.07, 6.45) is 5.86. The maximum Gasteiger partial charge on any atom is 0.136 e. The van der Waals surface area contributed by atoms with Crippen LogP contribution in [0.15, 0.2) is 0 Å². The second kappa shape index (κ2) is 5.27. The van der Waals surface area contributed by atoms with E-state index in [4.69, 9.17) is 0 Å². The molecule has 0 aromatic rings. The predicted molar refractivity (Wildman–Crippen MR) is 85.5 cm³/mol. The molecule has 6 unspecified atom stereocenters. The Morgan fingerprint density at radius 3 is 2.61 bits per heavy atom. The lowest BCUT2D eigenvalue weighted by Gasteiger charge is -2.59. The maximum atomic E-state index is 13.0. The molecule has 0 aliphatic heterocycles. The summed E-state index contributed by atoms with van der Waals surface area (Å²) in [5.41, 5.74) is -0.0828. The zero-order chi connectivity index (χ0) is 16.4. The molecule has 0 heterocycles. The lowest BCUT2D eigenvalue weighted by atomic mass is 9.45. The van der Waals surface area contributed by atoms with Crippen molar-refractivity contribution in [2.75, 3.05) is 6.61 Å². The molecule has 0 saturated heterocycles. The number of rotatable bonds is 1. The van der Waals surface area contributed by atoms with E-state index in [9.17, 15) is 20.1 Å². The molecular formula is C19H30O4. The topological polar surface area (TPSA) is 77.8 Å². The summed E-state index contributed by atoms with van der Waals surface area (Å²) < 4.78 is 0. The average molecular weight is 322 g/mol. The van der Waals surface area contributed by atoms with Crippen molar-refractivity contribution in [2.45, 2.75) is 70.5 Å². The van der Waals surface area contributed by atoms with Crippen molar-refractivity contribution in [3.05, 3.63) is 0 Å². The van der Waals surface area contributed by atoms with Gasteiger partial charge in [0.25, 0.3) is 0 Å². The molecule has 4 aliphatic rings. The van der Waals surface area contributed by atoms with Crippen LogP contribution < -0.4 is 0 Å². The Balaban J connectivity index is 1.69. The van der Waals surface area contributed by atoms with E-state index < -0.39 is 0 Å². The molecule has 4 nitrogen and oxygen atoms in total. The third-order valence-corrected chi connectivity index (χ3v) is 8.26. The Morgan fingerprint density at radius 2 is 1.87 bits per heavy atom. The van der Waals surface area contributed by atoms with Gasteiger partial charge in [-0.25, -0.2) is 0 Å². The van der Waals surface area contributed by atoms with E-state index in [1.54, 1.807) is 0 Å². The Labute approximate surface area is 138 Å². The summed E-state index contributed by atoms with van der Waals surface area (Å²) >= 11 is 0.